The van der Waals surface area contributed by atoms with Gasteiger partial charge in [0.1, 0.15) is 0 Å². The van der Waals surface area contributed by atoms with E-state index in [2.05, 4.69) is 56.1 Å². The predicted octanol–water partition coefficient (Wildman–Crippen LogP) is 2.85. The van der Waals surface area contributed by atoms with Crippen LogP contribution in [0.3, 0.4) is 0 Å². The first-order chi connectivity index (χ1) is 9.84. The minimum absolute atomic E-state index is 0.00153. The van der Waals surface area contributed by atoms with Crippen LogP contribution < -0.4 is 10.6 Å². The molecular formula is C17H26N4. The minimum Gasteiger partial charge on any atom is -0.366 e. The summed E-state index contributed by atoms with van der Waals surface area (Å²) in [5.74, 6) is 0. The van der Waals surface area contributed by atoms with Crippen LogP contribution in [0, 0.1) is 0 Å². The Morgan fingerprint density at radius 1 is 1.24 bits per heavy atom. The van der Waals surface area contributed by atoms with E-state index in [-0.39, 0.29) is 11.5 Å². The molecule has 1 aromatic carbocycles. The lowest BCUT2D eigenvalue weighted by molar-refractivity contribution is 0.539. The van der Waals surface area contributed by atoms with Crippen molar-refractivity contribution in [3.63, 3.8) is 0 Å². The van der Waals surface area contributed by atoms with Crippen LogP contribution in [0.1, 0.15) is 38.1 Å². The SMILES string of the molecule is CN(c1ccccc1)C(CN)c1cn(C)nc1C(C)(C)C. The van der Waals surface area contributed by atoms with Crippen LogP contribution in [-0.4, -0.2) is 23.4 Å². The fraction of sp³-hybridized carbons (Fsp3) is 0.471. The second-order valence-corrected chi connectivity index (χ2v) is 6.55. The highest BCUT2D eigenvalue weighted by Gasteiger charge is 2.28. The van der Waals surface area contributed by atoms with Crippen molar-refractivity contribution < 1.29 is 0 Å². The third-order valence-electron chi connectivity index (χ3n) is 3.78. The molecule has 0 aliphatic heterocycles. The van der Waals surface area contributed by atoms with Crippen LogP contribution in [0.25, 0.3) is 0 Å². The molecule has 1 unspecified atom stereocenters. The largest absolute Gasteiger partial charge is 0.366 e. The monoisotopic (exact) mass is 286 g/mol. The second-order valence-electron chi connectivity index (χ2n) is 6.55. The summed E-state index contributed by atoms with van der Waals surface area (Å²) >= 11 is 0. The van der Waals surface area contributed by atoms with E-state index in [0.29, 0.717) is 6.54 Å². The molecule has 0 saturated heterocycles. The zero-order chi connectivity index (χ0) is 15.6. The van der Waals surface area contributed by atoms with Crippen molar-refractivity contribution in [3.8, 4) is 0 Å². The molecule has 4 heteroatoms. The van der Waals surface area contributed by atoms with Gasteiger partial charge in [0.05, 0.1) is 11.7 Å². The number of anilines is 1. The van der Waals surface area contributed by atoms with Crippen molar-refractivity contribution in [2.45, 2.75) is 32.2 Å². The maximum atomic E-state index is 6.09. The van der Waals surface area contributed by atoms with Crippen LogP contribution >= 0.6 is 0 Å². The third kappa shape index (κ3) is 3.27. The second kappa shape index (κ2) is 5.90. The summed E-state index contributed by atoms with van der Waals surface area (Å²) in [6.07, 6.45) is 2.09. The van der Waals surface area contributed by atoms with Crippen LogP contribution in [0.2, 0.25) is 0 Å². The van der Waals surface area contributed by atoms with Gasteiger partial charge in [0, 0.05) is 43.5 Å². The Balaban J connectivity index is 2.43. The van der Waals surface area contributed by atoms with E-state index in [1.807, 2.05) is 29.9 Å². The molecule has 2 aromatic rings. The highest BCUT2D eigenvalue weighted by Crippen LogP contribution is 2.32. The molecule has 0 saturated carbocycles. The number of aromatic nitrogens is 2. The lowest BCUT2D eigenvalue weighted by Crippen LogP contribution is -2.32. The van der Waals surface area contributed by atoms with E-state index in [4.69, 9.17) is 5.73 Å². The molecule has 2 N–H and O–H groups in total. The van der Waals surface area contributed by atoms with Crippen LogP contribution in [0.5, 0.6) is 0 Å². The lowest BCUT2D eigenvalue weighted by Gasteiger charge is -2.31. The van der Waals surface area contributed by atoms with Crippen LogP contribution in [-0.2, 0) is 12.5 Å². The molecule has 0 aliphatic carbocycles. The van der Waals surface area contributed by atoms with Gasteiger partial charge in [-0.1, -0.05) is 39.0 Å². The molecule has 1 aromatic heterocycles. The molecule has 114 valence electrons. The summed E-state index contributed by atoms with van der Waals surface area (Å²) in [5, 5.41) is 4.66. The summed E-state index contributed by atoms with van der Waals surface area (Å²) in [6, 6.07) is 10.5. The number of likely N-dealkylation sites (N-methyl/N-ethyl adjacent to an activating group) is 1. The average molecular weight is 286 g/mol. The summed E-state index contributed by atoms with van der Waals surface area (Å²) < 4.78 is 1.89. The summed E-state index contributed by atoms with van der Waals surface area (Å²) in [4.78, 5) is 2.23. The van der Waals surface area contributed by atoms with Gasteiger partial charge in [-0.15, -0.1) is 0 Å². The van der Waals surface area contributed by atoms with E-state index in [0.717, 1.165) is 11.4 Å². The number of rotatable bonds is 4. The zero-order valence-electron chi connectivity index (χ0n) is 13.7. The molecule has 0 amide bonds. The Labute approximate surface area is 127 Å². The first-order valence-electron chi connectivity index (χ1n) is 7.36. The molecular weight excluding hydrogens is 260 g/mol. The minimum atomic E-state index is 0.00153. The van der Waals surface area contributed by atoms with Gasteiger partial charge in [-0.3, -0.25) is 4.68 Å². The molecule has 0 fully saturated rings. The molecule has 2 rings (SSSR count). The van der Waals surface area contributed by atoms with Crippen LogP contribution in [0.15, 0.2) is 36.5 Å². The molecule has 1 atom stereocenters. The standard InChI is InChI=1S/C17H26N4/c1-17(2,3)16-14(12-20(4)19-16)15(11-18)21(5)13-9-7-6-8-10-13/h6-10,12,15H,11,18H2,1-5H3. The highest BCUT2D eigenvalue weighted by molar-refractivity contribution is 5.48. The van der Waals surface area contributed by atoms with Gasteiger partial charge in [0.25, 0.3) is 0 Å². The number of hydrogen-bond donors (Lipinski definition) is 1. The van der Waals surface area contributed by atoms with Crippen molar-refractivity contribution in [1.29, 1.82) is 0 Å². The van der Waals surface area contributed by atoms with E-state index in [9.17, 15) is 0 Å². The van der Waals surface area contributed by atoms with Gasteiger partial charge in [0.2, 0.25) is 0 Å². The maximum Gasteiger partial charge on any atom is 0.0731 e. The Morgan fingerprint density at radius 3 is 2.38 bits per heavy atom. The summed E-state index contributed by atoms with van der Waals surface area (Å²) in [7, 11) is 4.06. The molecule has 21 heavy (non-hydrogen) atoms. The van der Waals surface area contributed by atoms with Crippen molar-refractivity contribution in [2.24, 2.45) is 12.8 Å². The zero-order valence-corrected chi connectivity index (χ0v) is 13.7. The highest BCUT2D eigenvalue weighted by atomic mass is 15.3. The van der Waals surface area contributed by atoms with Crippen molar-refractivity contribution >= 4 is 5.69 Å². The summed E-state index contributed by atoms with van der Waals surface area (Å²) in [5.41, 5.74) is 9.57. The molecule has 0 spiro atoms. The average Bonchev–Trinajstić information content (AvgIpc) is 2.82. The van der Waals surface area contributed by atoms with E-state index in [1.54, 1.807) is 0 Å². The third-order valence-corrected chi connectivity index (χ3v) is 3.78. The fourth-order valence-electron chi connectivity index (χ4n) is 2.67. The van der Waals surface area contributed by atoms with Gasteiger partial charge < -0.3 is 10.6 Å². The maximum absolute atomic E-state index is 6.09. The molecule has 0 bridgehead atoms. The number of nitrogens with two attached hydrogens (primary N) is 1. The molecule has 0 aliphatic rings. The van der Waals surface area contributed by atoms with E-state index in [1.165, 1.54) is 5.56 Å². The number of aryl methyl sites for hydroxylation is 1. The van der Waals surface area contributed by atoms with Gasteiger partial charge >= 0.3 is 0 Å². The quantitative estimate of drug-likeness (QED) is 0.940. The van der Waals surface area contributed by atoms with Gasteiger partial charge in [-0.05, 0) is 12.1 Å². The fourth-order valence-corrected chi connectivity index (χ4v) is 2.67. The Morgan fingerprint density at radius 2 is 1.86 bits per heavy atom. The topological polar surface area (TPSA) is 47.1 Å². The smallest absolute Gasteiger partial charge is 0.0731 e. The molecule has 0 radical (unpaired) electrons. The van der Waals surface area contributed by atoms with Gasteiger partial charge in [0.15, 0.2) is 0 Å². The normalized spacial score (nSPS) is 13.2. The molecule has 4 nitrogen and oxygen atoms in total. The van der Waals surface area contributed by atoms with Gasteiger partial charge in [-0.2, -0.15) is 5.10 Å². The number of benzene rings is 1. The van der Waals surface area contributed by atoms with E-state index >= 15 is 0 Å². The van der Waals surface area contributed by atoms with E-state index < -0.39 is 0 Å². The number of nitrogens with zero attached hydrogens (tertiary/aromatic N) is 3. The Hall–Kier alpha value is -1.81. The lowest BCUT2D eigenvalue weighted by atomic mass is 9.87. The van der Waals surface area contributed by atoms with Crippen molar-refractivity contribution in [3.05, 3.63) is 47.8 Å². The van der Waals surface area contributed by atoms with Gasteiger partial charge in [-0.25, -0.2) is 0 Å². The Kier molecular flexibility index (Phi) is 4.37. The number of hydrogen-bond acceptors (Lipinski definition) is 3. The number of para-hydroxylation sites is 1. The Bertz CT molecular complexity index is 581. The van der Waals surface area contributed by atoms with Crippen LogP contribution in [0.4, 0.5) is 5.69 Å². The van der Waals surface area contributed by atoms with Crippen molar-refractivity contribution in [2.75, 3.05) is 18.5 Å². The van der Waals surface area contributed by atoms with Crippen molar-refractivity contribution in [1.82, 2.24) is 9.78 Å². The predicted molar refractivity (Wildman–Crippen MR) is 88.5 cm³/mol. The molecule has 1 heterocycles. The first kappa shape index (κ1) is 15.6. The summed E-state index contributed by atoms with van der Waals surface area (Å²) in [6.45, 7) is 7.12. The first-order valence-corrected chi connectivity index (χ1v) is 7.36.